The number of amides is 1. The van der Waals surface area contributed by atoms with Crippen molar-refractivity contribution in [1.82, 2.24) is 4.98 Å². The summed E-state index contributed by atoms with van der Waals surface area (Å²) in [6.07, 6.45) is 1.11. The SMILES string of the molecule is O=C(Nc1ccc(Cl)c(-c2ccccn2)c1)c1ccc(S(=O)(=O)Nc2cccc(C3OCCO3)c2)cc1Cl. The lowest BCUT2D eigenvalue weighted by molar-refractivity contribution is -0.0440. The van der Waals surface area contributed by atoms with E-state index in [1.807, 2.05) is 12.1 Å². The van der Waals surface area contributed by atoms with Crippen molar-refractivity contribution in [2.24, 2.45) is 0 Å². The van der Waals surface area contributed by atoms with Crippen LogP contribution in [-0.4, -0.2) is 32.5 Å². The molecule has 0 saturated carbocycles. The highest BCUT2D eigenvalue weighted by Crippen LogP contribution is 2.31. The van der Waals surface area contributed by atoms with Gasteiger partial charge in [-0.2, -0.15) is 0 Å². The molecule has 0 spiro atoms. The normalized spacial score (nSPS) is 13.8. The van der Waals surface area contributed by atoms with E-state index in [0.29, 0.717) is 46.4 Å². The van der Waals surface area contributed by atoms with Crippen molar-refractivity contribution in [3.05, 3.63) is 106 Å². The van der Waals surface area contributed by atoms with E-state index in [9.17, 15) is 13.2 Å². The maximum atomic E-state index is 13.0. The second-order valence-electron chi connectivity index (χ2n) is 8.31. The number of sulfonamides is 1. The number of nitrogens with one attached hydrogen (secondary N) is 2. The number of hydrogen-bond acceptors (Lipinski definition) is 6. The van der Waals surface area contributed by atoms with Crippen LogP contribution in [0.3, 0.4) is 0 Å². The Labute approximate surface area is 229 Å². The van der Waals surface area contributed by atoms with Gasteiger partial charge >= 0.3 is 0 Å². The summed E-state index contributed by atoms with van der Waals surface area (Å²) in [5, 5.41) is 3.23. The van der Waals surface area contributed by atoms with Crippen LogP contribution in [0, 0.1) is 0 Å². The van der Waals surface area contributed by atoms with Gasteiger partial charge in [0.15, 0.2) is 6.29 Å². The van der Waals surface area contributed by atoms with Crippen molar-refractivity contribution in [3.8, 4) is 11.3 Å². The number of rotatable bonds is 7. The minimum atomic E-state index is -3.99. The van der Waals surface area contributed by atoms with Gasteiger partial charge in [0.05, 0.1) is 39.4 Å². The van der Waals surface area contributed by atoms with Crippen LogP contribution < -0.4 is 10.0 Å². The molecule has 1 aliphatic heterocycles. The van der Waals surface area contributed by atoms with Crippen molar-refractivity contribution in [3.63, 3.8) is 0 Å². The molecule has 194 valence electrons. The molecule has 0 atom stereocenters. The Balaban J connectivity index is 1.32. The van der Waals surface area contributed by atoms with Gasteiger partial charge < -0.3 is 14.8 Å². The van der Waals surface area contributed by atoms with Crippen LogP contribution in [0.5, 0.6) is 0 Å². The van der Waals surface area contributed by atoms with E-state index >= 15 is 0 Å². The van der Waals surface area contributed by atoms with Gasteiger partial charge in [0.1, 0.15) is 0 Å². The Morgan fingerprint density at radius 1 is 0.868 bits per heavy atom. The van der Waals surface area contributed by atoms with Crippen LogP contribution in [0.4, 0.5) is 11.4 Å². The molecule has 11 heteroatoms. The van der Waals surface area contributed by atoms with Gasteiger partial charge in [-0.1, -0.05) is 41.4 Å². The highest BCUT2D eigenvalue weighted by atomic mass is 35.5. The fraction of sp³-hybridized carbons (Fsp3) is 0.111. The number of pyridine rings is 1. The van der Waals surface area contributed by atoms with Gasteiger partial charge in [-0.05, 0) is 60.7 Å². The van der Waals surface area contributed by atoms with Crippen molar-refractivity contribution in [2.45, 2.75) is 11.2 Å². The summed E-state index contributed by atoms with van der Waals surface area (Å²) < 4.78 is 39.5. The number of carbonyl (C=O) groups excluding carboxylic acids is 1. The van der Waals surface area contributed by atoms with Gasteiger partial charge in [0, 0.05) is 28.7 Å². The lowest BCUT2D eigenvalue weighted by Gasteiger charge is -2.13. The van der Waals surface area contributed by atoms with Crippen LogP contribution in [0.15, 0.2) is 90.0 Å². The number of hydrogen-bond donors (Lipinski definition) is 2. The van der Waals surface area contributed by atoms with E-state index in [-0.39, 0.29) is 15.5 Å². The molecule has 0 aliphatic carbocycles. The zero-order valence-corrected chi connectivity index (χ0v) is 22.1. The largest absolute Gasteiger partial charge is 0.346 e. The second kappa shape index (κ2) is 11.1. The van der Waals surface area contributed by atoms with Crippen molar-refractivity contribution >= 4 is 50.5 Å². The molecule has 0 unspecified atom stereocenters. The molecule has 0 radical (unpaired) electrons. The van der Waals surface area contributed by atoms with Crippen LogP contribution in [-0.2, 0) is 19.5 Å². The molecule has 4 aromatic rings. The van der Waals surface area contributed by atoms with Gasteiger partial charge in [-0.15, -0.1) is 0 Å². The monoisotopic (exact) mass is 569 g/mol. The second-order valence-corrected chi connectivity index (χ2v) is 10.8. The fourth-order valence-corrected chi connectivity index (χ4v) is 5.50. The van der Waals surface area contributed by atoms with Crippen molar-refractivity contribution < 1.29 is 22.7 Å². The standard InChI is InChI=1S/C27H21Cl2N3O5S/c28-23-10-7-18(15-22(23)25-6-1-2-11-30-25)31-26(33)21-9-8-20(16-24(21)29)38(34,35)32-19-5-3-4-17(14-19)27-36-12-13-37-27/h1-11,14-16,27,32H,12-13H2,(H,31,33). The number of carbonyl (C=O) groups is 1. The minimum Gasteiger partial charge on any atom is -0.346 e. The first-order chi connectivity index (χ1) is 18.3. The van der Waals surface area contributed by atoms with Gasteiger partial charge in [0.2, 0.25) is 0 Å². The first kappa shape index (κ1) is 26.1. The zero-order chi connectivity index (χ0) is 26.7. The summed E-state index contributed by atoms with van der Waals surface area (Å²) in [4.78, 5) is 17.2. The lowest BCUT2D eigenvalue weighted by Crippen LogP contribution is -2.15. The molecule has 1 saturated heterocycles. The lowest BCUT2D eigenvalue weighted by atomic mass is 10.1. The maximum Gasteiger partial charge on any atom is 0.261 e. The molecular weight excluding hydrogens is 549 g/mol. The van der Waals surface area contributed by atoms with E-state index in [0.717, 1.165) is 0 Å². The van der Waals surface area contributed by atoms with E-state index in [2.05, 4.69) is 15.0 Å². The smallest absolute Gasteiger partial charge is 0.261 e. The fourth-order valence-electron chi connectivity index (χ4n) is 3.88. The van der Waals surface area contributed by atoms with E-state index < -0.39 is 22.2 Å². The van der Waals surface area contributed by atoms with Crippen LogP contribution in [0.1, 0.15) is 22.2 Å². The summed E-state index contributed by atoms with van der Waals surface area (Å²) in [6.45, 7) is 0.949. The Morgan fingerprint density at radius 3 is 2.42 bits per heavy atom. The Morgan fingerprint density at radius 2 is 1.68 bits per heavy atom. The van der Waals surface area contributed by atoms with E-state index in [1.165, 1.54) is 18.2 Å². The molecule has 2 heterocycles. The Bertz CT molecular complexity index is 1590. The maximum absolute atomic E-state index is 13.0. The molecule has 1 fully saturated rings. The molecular formula is C27H21Cl2N3O5S. The number of halogens is 2. The summed E-state index contributed by atoms with van der Waals surface area (Å²) in [5.41, 5.74) is 2.93. The van der Waals surface area contributed by atoms with E-state index in [4.69, 9.17) is 32.7 Å². The number of anilines is 2. The van der Waals surface area contributed by atoms with Crippen LogP contribution in [0.2, 0.25) is 10.0 Å². The first-order valence-corrected chi connectivity index (χ1v) is 13.7. The summed E-state index contributed by atoms with van der Waals surface area (Å²) in [7, 11) is -3.99. The van der Waals surface area contributed by atoms with Crippen LogP contribution >= 0.6 is 23.2 Å². The topological polar surface area (TPSA) is 107 Å². The van der Waals surface area contributed by atoms with E-state index in [1.54, 1.807) is 54.7 Å². The van der Waals surface area contributed by atoms with Crippen molar-refractivity contribution in [1.29, 1.82) is 0 Å². The third-order valence-corrected chi connectivity index (χ3v) is 7.71. The Hall–Kier alpha value is -3.47. The molecule has 5 rings (SSSR count). The molecule has 3 aromatic carbocycles. The van der Waals surface area contributed by atoms with Gasteiger partial charge in [0.25, 0.3) is 15.9 Å². The van der Waals surface area contributed by atoms with Gasteiger partial charge in [-0.3, -0.25) is 14.5 Å². The summed E-state index contributed by atoms with van der Waals surface area (Å²) in [6, 6.07) is 21.1. The summed E-state index contributed by atoms with van der Waals surface area (Å²) in [5.74, 6) is -0.509. The average Bonchev–Trinajstić information content (AvgIpc) is 3.45. The number of benzene rings is 3. The quantitative estimate of drug-likeness (QED) is 0.276. The predicted molar refractivity (Wildman–Crippen MR) is 146 cm³/mol. The molecule has 38 heavy (non-hydrogen) atoms. The third-order valence-electron chi connectivity index (χ3n) is 5.69. The zero-order valence-electron chi connectivity index (χ0n) is 19.7. The third kappa shape index (κ3) is 5.82. The minimum absolute atomic E-state index is 0.0224. The molecule has 1 aromatic heterocycles. The number of nitrogens with zero attached hydrogens (tertiary/aromatic N) is 1. The highest BCUT2D eigenvalue weighted by molar-refractivity contribution is 7.92. The van der Waals surface area contributed by atoms with Gasteiger partial charge in [-0.25, -0.2) is 8.42 Å². The molecule has 2 N–H and O–H groups in total. The predicted octanol–water partition coefficient (Wildman–Crippen LogP) is 6.15. The highest BCUT2D eigenvalue weighted by Gasteiger charge is 2.21. The van der Waals surface area contributed by atoms with Crippen LogP contribution in [0.25, 0.3) is 11.3 Å². The molecule has 1 aliphatic rings. The van der Waals surface area contributed by atoms with Crippen molar-refractivity contribution in [2.75, 3.05) is 23.3 Å². The molecule has 8 nitrogen and oxygen atoms in total. The molecule has 0 bridgehead atoms. The Kier molecular flexibility index (Phi) is 7.64. The number of ether oxygens (including phenoxy) is 2. The first-order valence-electron chi connectivity index (χ1n) is 11.5. The average molecular weight is 570 g/mol. The number of aromatic nitrogens is 1. The molecule has 1 amide bonds. The summed E-state index contributed by atoms with van der Waals surface area (Å²) >= 11 is 12.7.